The van der Waals surface area contributed by atoms with Gasteiger partial charge in [0.05, 0.1) is 12.3 Å². The number of piperidine rings is 1. The highest BCUT2D eigenvalue weighted by atomic mass is 16.5. The Balaban J connectivity index is 0.000000557. The number of piperazine rings is 1. The van der Waals surface area contributed by atoms with Crippen LogP contribution in [0.1, 0.15) is 25.3 Å². The predicted octanol–water partition coefficient (Wildman–Crippen LogP) is 3.95. The first kappa shape index (κ1) is 28.9. The van der Waals surface area contributed by atoms with Gasteiger partial charge in [-0.1, -0.05) is 54.6 Å². The van der Waals surface area contributed by atoms with E-state index in [2.05, 4.69) is 69.3 Å². The lowest BCUT2D eigenvalue weighted by Gasteiger charge is -2.39. The van der Waals surface area contributed by atoms with Gasteiger partial charge in [0.25, 0.3) is 0 Å². The van der Waals surface area contributed by atoms with Crippen molar-refractivity contribution in [1.82, 2.24) is 9.80 Å². The summed E-state index contributed by atoms with van der Waals surface area (Å²) in [7, 11) is 0. The molecular weight excluding hydrogens is 510 g/mol. The minimum atomic E-state index is -1.82. The third kappa shape index (κ3) is 7.30. The number of hydrogen-bond acceptors (Lipinski definition) is 6. The summed E-state index contributed by atoms with van der Waals surface area (Å²) in [5.41, 5.74) is 2.52. The normalized spacial score (nSPS) is 16.2. The summed E-state index contributed by atoms with van der Waals surface area (Å²) in [6.45, 7) is 8.90. The smallest absolute Gasteiger partial charge is 0.414 e. The van der Waals surface area contributed by atoms with Crippen molar-refractivity contribution in [2.45, 2.75) is 26.3 Å². The van der Waals surface area contributed by atoms with Gasteiger partial charge < -0.3 is 24.7 Å². The number of amides is 1. The van der Waals surface area contributed by atoms with Gasteiger partial charge in [0.15, 0.2) is 0 Å². The monoisotopic (exact) mass is 547 g/mol. The maximum absolute atomic E-state index is 13.3. The van der Waals surface area contributed by atoms with Crippen molar-refractivity contribution in [2.24, 2.45) is 5.92 Å². The highest BCUT2D eigenvalue weighted by Crippen LogP contribution is 2.30. The van der Waals surface area contributed by atoms with E-state index >= 15 is 0 Å². The second-order valence-corrected chi connectivity index (χ2v) is 10.0. The number of hydrogen-bond donors (Lipinski definition) is 2. The SMILES string of the molecule is CCOc1ccccc1N1CCN(C(=O)C2CCN(Cc3cccc4ccccc34)CC2)CC1.O=C(O)C(=O)O. The van der Waals surface area contributed by atoms with E-state index in [1.165, 1.54) is 16.3 Å². The number of rotatable bonds is 6. The number of likely N-dealkylation sites (tertiary alicyclic amines) is 1. The molecule has 0 atom stereocenters. The third-order valence-corrected chi connectivity index (χ3v) is 7.49. The van der Waals surface area contributed by atoms with Crippen molar-refractivity contribution in [3.8, 4) is 5.75 Å². The molecule has 0 saturated carbocycles. The Morgan fingerprint density at radius 3 is 2.10 bits per heavy atom. The summed E-state index contributed by atoms with van der Waals surface area (Å²) in [5, 5.41) is 17.4. The molecule has 2 saturated heterocycles. The molecule has 9 heteroatoms. The molecule has 2 N–H and O–H groups in total. The molecular formula is C31H37N3O6. The standard InChI is InChI=1S/C29H35N3O2.C2H2O4/c1-2-34-28-13-6-5-12-27(28)31-18-20-32(21-19-31)29(33)24-14-16-30(17-15-24)22-25-10-7-9-23-8-3-4-11-26(23)25;3-1(4)2(5)6/h3-13,24H,2,14-22H2,1H3;(H,3,4)(H,5,6). The van der Waals surface area contributed by atoms with Crippen LogP contribution < -0.4 is 9.64 Å². The first-order chi connectivity index (χ1) is 19.4. The Bertz CT molecular complexity index is 1300. The Morgan fingerprint density at radius 1 is 0.800 bits per heavy atom. The number of carbonyl (C=O) groups excluding carboxylic acids is 1. The van der Waals surface area contributed by atoms with Gasteiger partial charge in [-0.3, -0.25) is 9.69 Å². The van der Waals surface area contributed by atoms with Crippen LogP contribution in [-0.2, 0) is 20.9 Å². The van der Waals surface area contributed by atoms with E-state index in [4.69, 9.17) is 24.5 Å². The Hall–Kier alpha value is -4.11. The van der Waals surface area contributed by atoms with Crippen molar-refractivity contribution in [3.05, 3.63) is 72.3 Å². The highest BCUT2D eigenvalue weighted by Gasteiger charge is 2.31. The van der Waals surface area contributed by atoms with E-state index < -0.39 is 11.9 Å². The number of nitrogens with zero attached hydrogens (tertiary/aromatic N) is 3. The van der Waals surface area contributed by atoms with Crippen LogP contribution in [0, 0.1) is 5.92 Å². The van der Waals surface area contributed by atoms with Gasteiger partial charge in [-0.05, 0) is 61.3 Å². The molecule has 0 aliphatic carbocycles. The summed E-state index contributed by atoms with van der Waals surface area (Å²) in [6.07, 6.45) is 1.91. The van der Waals surface area contributed by atoms with Crippen LogP contribution in [0.3, 0.4) is 0 Å². The van der Waals surface area contributed by atoms with Gasteiger partial charge in [-0.2, -0.15) is 0 Å². The second kappa shape index (κ2) is 13.8. The quantitative estimate of drug-likeness (QED) is 0.447. The number of aliphatic carboxylic acids is 2. The van der Waals surface area contributed by atoms with Crippen molar-refractivity contribution < 1.29 is 29.3 Å². The first-order valence-corrected chi connectivity index (χ1v) is 13.8. The molecule has 2 fully saturated rings. The van der Waals surface area contributed by atoms with E-state index in [0.29, 0.717) is 12.5 Å². The van der Waals surface area contributed by atoms with Crippen LogP contribution in [-0.4, -0.2) is 83.7 Å². The van der Waals surface area contributed by atoms with Gasteiger partial charge in [0.2, 0.25) is 5.91 Å². The molecule has 0 radical (unpaired) electrons. The van der Waals surface area contributed by atoms with E-state index in [-0.39, 0.29) is 5.92 Å². The minimum absolute atomic E-state index is 0.158. The first-order valence-electron chi connectivity index (χ1n) is 13.8. The van der Waals surface area contributed by atoms with Gasteiger partial charge in [0.1, 0.15) is 5.75 Å². The summed E-state index contributed by atoms with van der Waals surface area (Å²) >= 11 is 0. The fourth-order valence-corrected chi connectivity index (χ4v) is 5.43. The van der Waals surface area contributed by atoms with Crippen LogP contribution in [0.5, 0.6) is 5.75 Å². The molecule has 2 aliphatic rings. The molecule has 3 aromatic carbocycles. The topological polar surface area (TPSA) is 111 Å². The lowest BCUT2D eigenvalue weighted by molar-refractivity contribution is -0.159. The molecule has 9 nitrogen and oxygen atoms in total. The van der Waals surface area contributed by atoms with Gasteiger partial charge >= 0.3 is 11.9 Å². The van der Waals surface area contributed by atoms with Crippen LogP contribution in [0.2, 0.25) is 0 Å². The molecule has 3 aromatic rings. The molecule has 40 heavy (non-hydrogen) atoms. The summed E-state index contributed by atoms with van der Waals surface area (Å²) in [6, 6.07) is 23.4. The van der Waals surface area contributed by atoms with E-state index in [0.717, 1.165) is 70.1 Å². The largest absolute Gasteiger partial charge is 0.492 e. The molecule has 2 heterocycles. The molecule has 0 aromatic heterocycles. The van der Waals surface area contributed by atoms with Crippen LogP contribution in [0.15, 0.2) is 66.7 Å². The van der Waals surface area contributed by atoms with Gasteiger partial charge in [0, 0.05) is 38.6 Å². The fraction of sp³-hybridized carbons (Fsp3) is 0.387. The molecule has 1 amide bonds. The number of fused-ring (bicyclic) bond motifs is 1. The van der Waals surface area contributed by atoms with Crippen molar-refractivity contribution in [1.29, 1.82) is 0 Å². The molecule has 2 aliphatic heterocycles. The number of carboxylic acids is 2. The van der Waals surface area contributed by atoms with Crippen LogP contribution >= 0.6 is 0 Å². The lowest BCUT2D eigenvalue weighted by Crippen LogP contribution is -2.51. The van der Waals surface area contributed by atoms with Gasteiger partial charge in [-0.25, -0.2) is 9.59 Å². The summed E-state index contributed by atoms with van der Waals surface area (Å²) in [5.74, 6) is -2.21. The zero-order chi connectivity index (χ0) is 28.5. The number of ether oxygens (including phenoxy) is 1. The van der Waals surface area contributed by atoms with Crippen molar-refractivity contribution >= 4 is 34.3 Å². The van der Waals surface area contributed by atoms with Crippen LogP contribution in [0.25, 0.3) is 10.8 Å². The molecule has 0 bridgehead atoms. The predicted molar refractivity (Wildman–Crippen MR) is 154 cm³/mol. The Labute approximate surface area is 234 Å². The molecule has 0 unspecified atom stereocenters. The maximum atomic E-state index is 13.3. The van der Waals surface area contributed by atoms with Crippen LogP contribution in [0.4, 0.5) is 5.69 Å². The van der Waals surface area contributed by atoms with Gasteiger partial charge in [-0.15, -0.1) is 0 Å². The minimum Gasteiger partial charge on any atom is -0.492 e. The lowest BCUT2D eigenvalue weighted by atomic mass is 9.94. The van der Waals surface area contributed by atoms with Crippen molar-refractivity contribution in [2.75, 3.05) is 50.8 Å². The average Bonchev–Trinajstić information content (AvgIpc) is 2.98. The molecule has 5 rings (SSSR count). The number of para-hydroxylation sites is 2. The Morgan fingerprint density at radius 2 is 1.43 bits per heavy atom. The Kier molecular flexibility index (Phi) is 9.96. The zero-order valence-corrected chi connectivity index (χ0v) is 22.9. The molecule has 212 valence electrons. The highest BCUT2D eigenvalue weighted by molar-refractivity contribution is 6.27. The maximum Gasteiger partial charge on any atom is 0.414 e. The van der Waals surface area contributed by atoms with Crippen molar-refractivity contribution in [3.63, 3.8) is 0 Å². The van der Waals surface area contributed by atoms with E-state index in [1.807, 2.05) is 19.1 Å². The third-order valence-electron chi connectivity index (χ3n) is 7.49. The summed E-state index contributed by atoms with van der Waals surface area (Å²) in [4.78, 5) is 38.4. The van der Waals surface area contributed by atoms with E-state index in [9.17, 15) is 4.79 Å². The number of carbonyl (C=O) groups is 3. The number of carboxylic acid groups (broad SMARTS) is 2. The molecule has 0 spiro atoms. The fourth-order valence-electron chi connectivity index (χ4n) is 5.43. The average molecular weight is 548 g/mol. The number of benzene rings is 3. The van der Waals surface area contributed by atoms with E-state index in [1.54, 1.807) is 0 Å². The summed E-state index contributed by atoms with van der Waals surface area (Å²) < 4.78 is 5.81. The zero-order valence-electron chi connectivity index (χ0n) is 22.9. The second-order valence-electron chi connectivity index (χ2n) is 10.0. The number of anilines is 1.